The number of rotatable bonds is 8. The molecule has 9 nitrogen and oxygen atoms in total. The van der Waals surface area contributed by atoms with Crippen LogP contribution in [-0.4, -0.2) is 30.8 Å². The summed E-state index contributed by atoms with van der Waals surface area (Å²) in [6, 6.07) is 0. The van der Waals surface area contributed by atoms with E-state index in [9.17, 15) is 14.9 Å². The number of unbranched alkanes of at least 4 members (excludes halogenated alkanes) is 2. The first-order chi connectivity index (χ1) is 11.4. The van der Waals surface area contributed by atoms with Gasteiger partial charge in [-0.15, -0.1) is 10.2 Å². The zero-order valence-corrected chi connectivity index (χ0v) is 14.7. The summed E-state index contributed by atoms with van der Waals surface area (Å²) in [6.45, 7) is 5.15. The number of amides is 1. The first kappa shape index (κ1) is 18.0. The largest absolute Gasteiger partial charge is 0.312 e. The average molecular weight is 352 g/mol. The van der Waals surface area contributed by atoms with Crippen molar-refractivity contribution >= 4 is 28.1 Å². The summed E-state index contributed by atoms with van der Waals surface area (Å²) in [5, 5.41) is 27.0. The average Bonchev–Trinajstić information content (AvgIpc) is 3.04. The van der Waals surface area contributed by atoms with E-state index in [4.69, 9.17) is 0 Å². The van der Waals surface area contributed by atoms with Crippen molar-refractivity contribution in [1.82, 2.24) is 20.0 Å². The van der Waals surface area contributed by atoms with E-state index in [0.717, 1.165) is 30.7 Å². The van der Waals surface area contributed by atoms with Gasteiger partial charge in [-0.1, -0.05) is 31.1 Å². The van der Waals surface area contributed by atoms with Crippen LogP contribution in [0.2, 0.25) is 0 Å². The minimum Gasteiger partial charge on any atom is -0.299 e. The first-order valence-corrected chi connectivity index (χ1v) is 8.54. The van der Waals surface area contributed by atoms with Crippen molar-refractivity contribution in [2.45, 2.75) is 53.0 Å². The van der Waals surface area contributed by atoms with Crippen molar-refractivity contribution in [3.8, 4) is 0 Å². The van der Waals surface area contributed by atoms with Gasteiger partial charge < -0.3 is 0 Å². The first-order valence-electron chi connectivity index (χ1n) is 7.73. The number of anilines is 1. The van der Waals surface area contributed by atoms with Gasteiger partial charge in [0.05, 0.1) is 4.92 Å². The molecule has 1 amide bonds. The van der Waals surface area contributed by atoms with Gasteiger partial charge in [0.1, 0.15) is 22.9 Å². The van der Waals surface area contributed by atoms with Crippen LogP contribution in [-0.2, 0) is 17.8 Å². The number of nitrogens with one attached hydrogen (secondary N) is 1. The second kappa shape index (κ2) is 7.95. The van der Waals surface area contributed by atoms with E-state index < -0.39 is 4.92 Å². The third kappa shape index (κ3) is 4.34. The fraction of sp³-hybridized carbons (Fsp3) is 0.571. The lowest BCUT2D eigenvalue weighted by Crippen LogP contribution is -2.20. The predicted octanol–water partition coefficient (Wildman–Crippen LogP) is 2.63. The Bertz CT molecular complexity index is 739. The van der Waals surface area contributed by atoms with Crippen LogP contribution >= 0.6 is 11.3 Å². The van der Waals surface area contributed by atoms with Crippen LogP contribution < -0.4 is 5.32 Å². The van der Waals surface area contributed by atoms with Crippen LogP contribution in [0.5, 0.6) is 0 Å². The van der Waals surface area contributed by atoms with E-state index in [0.29, 0.717) is 16.5 Å². The van der Waals surface area contributed by atoms with Gasteiger partial charge in [-0.2, -0.15) is 5.10 Å². The van der Waals surface area contributed by atoms with E-state index in [-0.39, 0.29) is 18.1 Å². The third-order valence-corrected chi connectivity index (χ3v) is 4.43. The maximum absolute atomic E-state index is 12.1. The van der Waals surface area contributed by atoms with Gasteiger partial charge in [0.15, 0.2) is 0 Å². The number of nitro groups is 1. The zero-order chi connectivity index (χ0) is 17.7. The number of carbonyl (C=O) groups is 1. The second-order valence-electron chi connectivity index (χ2n) is 5.44. The van der Waals surface area contributed by atoms with Crippen molar-refractivity contribution in [2.24, 2.45) is 0 Å². The van der Waals surface area contributed by atoms with E-state index in [1.165, 1.54) is 16.0 Å². The Kier molecular flexibility index (Phi) is 5.96. The summed E-state index contributed by atoms with van der Waals surface area (Å²) >= 11 is 1.35. The summed E-state index contributed by atoms with van der Waals surface area (Å²) < 4.78 is 1.33. The van der Waals surface area contributed by atoms with Gasteiger partial charge in [-0.25, -0.2) is 0 Å². The fourth-order valence-electron chi connectivity index (χ4n) is 2.33. The van der Waals surface area contributed by atoms with Gasteiger partial charge in [-0.3, -0.25) is 24.9 Å². The van der Waals surface area contributed by atoms with E-state index in [1.54, 1.807) is 13.8 Å². The predicted molar refractivity (Wildman–Crippen MR) is 90.1 cm³/mol. The number of hydrogen-bond donors (Lipinski definition) is 1. The number of aromatic nitrogens is 4. The van der Waals surface area contributed by atoms with Crippen LogP contribution in [0, 0.1) is 24.0 Å². The molecule has 0 radical (unpaired) electrons. The fourth-order valence-corrected chi connectivity index (χ4v) is 3.13. The lowest BCUT2D eigenvalue weighted by molar-refractivity contribution is -0.386. The highest BCUT2D eigenvalue weighted by atomic mass is 32.1. The molecular weight excluding hydrogens is 332 g/mol. The van der Waals surface area contributed by atoms with Gasteiger partial charge in [0, 0.05) is 6.42 Å². The molecule has 10 heteroatoms. The molecule has 0 fully saturated rings. The Morgan fingerprint density at radius 2 is 2.08 bits per heavy atom. The molecule has 130 valence electrons. The molecule has 2 aromatic heterocycles. The quantitative estimate of drug-likeness (QED) is 0.443. The maximum Gasteiger partial charge on any atom is 0.312 e. The maximum atomic E-state index is 12.1. The normalized spacial score (nSPS) is 10.8. The summed E-state index contributed by atoms with van der Waals surface area (Å²) in [5.41, 5.74) is 0.585. The molecule has 0 aromatic carbocycles. The van der Waals surface area contributed by atoms with Crippen LogP contribution in [0.4, 0.5) is 10.8 Å². The Hall–Kier alpha value is -2.36. The van der Waals surface area contributed by atoms with Gasteiger partial charge >= 0.3 is 5.69 Å². The highest BCUT2D eigenvalue weighted by Crippen LogP contribution is 2.22. The minimum absolute atomic E-state index is 0.0584. The molecule has 1 N–H and O–H groups in total. The smallest absolute Gasteiger partial charge is 0.299 e. The molecule has 2 heterocycles. The van der Waals surface area contributed by atoms with Gasteiger partial charge in [0.2, 0.25) is 11.0 Å². The molecule has 0 bridgehead atoms. The molecule has 0 atom stereocenters. The van der Waals surface area contributed by atoms with Crippen LogP contribution in [0.25, 0.3) is 0 Å². The number of aryl methyl sites for hydroxylation is 2. The summed E-state index contributed by atoms with van der Waals surface area (Å²) in [7, 11) is 0. The van der Waals surface area contributed by atoms with Crippen LogP contribution in [0.1, 0.15) is 42.6 Å². The zero-order valence-electron chi connectivity index (χ0n) is 13.9. The highest BCUT2D eigenvalue weighted by Gasteiger charge is 2.23. The molecule has 0 saturated carbocycles. The van der Waals surface area contributed by atoms with Gasteiger partial charge in [0.25, 0.3) is 0 Å². The number of nitrogens with zero attached hydrogens (tertiary/aromatic N) is 5. The minimum atomic E-state index is -0.487. The summed E-state index contributed by atoms with van der Waals surface area (Å²) in [4.78, 5) is 22.6. The lowest BCUT2D eigenvalue weighted by atomic mass is 10.2. The van der Waals surface area contributed by atoms with E-state index >= 15 is 0 Å². The van der Waals surface area contributed by atoms with Crippen LogP contribution in [0.15, 0.2) is 0 Å². The Morgan fingerprint density at radius 3 is 2.71 bits per heavy atom. The molecule has 0 aliphatic carbocycles. The Balaban J connectivity index is 1.96. The Labute approximate surface area is 143 Å². The molecule has 0 aliphatic heterocycles. The standard InChI is InChI=1S/C14H20N6O3S/c1-4-5-6-7-12-16-17-14(24-12)15-11(21)8-19-10(3)13(20(22)23)9(2)18-19/h4-8H2,1-3H3,(H,15,17,21). The molecule has 0 unspecified atom stereocenters. The van der Waals surface area contributed by atoms with E-state index in [1.807, 2.05) is 0 Å². The molecule has 0 aliphatic rings. The molecule has 0 spiro atoms. The molecule has 24 heavy (non-hydrogen) atoms. The van der Waals surface area contributed by atoms with Crippen molar-refractivity contribution in [3.63, 3.8) is 0 Å². The topological polar surface area (TPSA) is 116 Å². The van der Waals surface area contributed by atoms with Crippen LogP contribution in [0.3, 0.4) is 0 Å². The van der Waals surface area contributed by atoms with Gasteiger partial charge in [-0.05, 0) is 20.3 Å². The lowest BCUT2D eigenvalue weighted by Gasteiger charge is -2.03. The second-order valence-corrected chi connectivity index (χ2v) is 6.50. The van der Waals surface area contributed by atoms with Crippen molar-refractivity contribution in [2.75, 3.05) is 5.32 Å². The molecule has 2 aromatic rings. The Morgan fingerprint density at radius 1 is 1.33 bits per heavy atom. The van der Waals surface area contributed by atoms with Crippen molar-refractivity contribution in [1.29, 1.82) is 0 Å². The monoisotopic (exact) mass is 352 g/mol. The number of carbonyl (C=O) groups excluding carboxylic acids is 1. The molecule has 0 saturated heterocycles. The molecule has 2 rings (SSSR count). The SMILES string of the molecule is CCCCCc1nnc(NC(=O)Cn2nc(C)c([N+](=O)[O-])c2C)s1. The van der Waals surface area contributed by atoms with Crippen molar-refractivity contribution in [3.05, 3.63) is 26.5 Å². The summed E-state index contributed by atoms with van der Waals surface area (Å²) in [6.07, 6.45) is 4.18. The van der Waals surface area contributed by atoms with Crippen molar-refractivity contribution < 1.29 is 9.72 Å². The third-order valence-electron chi connectivity index (χ3n) is 3.53. The highest BCUT2D eigenvalue weighted by molar-refractivity contribution is 7.15. The van der Waals surface area contributed by atoms with E-state index in [2.05, 4.69) is 27.5 Å². The number of hydrogen-bond acceptors (Lipinski definition) is 7. The molecular formula is C14H20N6O3S. The summed E-state index contributed by atoms with van der Waals surface area (Å²) in [5.74, 6) is -0.341.